The Morgan fingerprint density at radius 3 is 2.50 bits per heavy atom. The maximum Gasteiger partial charge on any atom is 0.251 e. The Morgan fingerprint density at radius 1 is 0.944 bits per heavy atom. The van der Waals surface area contributed by atoms with Crippen molar-refractivity contribution < 1.29 is 23.8 Å². The summed E-state index contributed by atoms with van der Waals surface area (Å²) in [7, 11) is 0. The smallest absolute Gasteiger partial charge is 0.251 e. The van der Waals surface area contributed by atoms with Gasteiger partial charge in [0.1, 0.15) is 0 Å². The predicted octanol–water partition coefficient (Wildman–Crippen LogP) is 3.14. The van der Waals surface area contributed by atoms with E-state index in [4.69, 9.17) is 14.2 Å². The number of rotatable bonds is 11. The zero-order valence-electron chi connectivity index (χ0n) is 20.9. The van der Waals surface area contributed by atoms with E-state index in [1.54, 1.807) is 18.2 Å². The molecule has 0 unspecified atom stereocenters. The number of ether oxygens (including phenoxy) is 3. The average Bonchev–Trinajstić information content (AvgIpc) is 3.30. The number of morpholine rings is 1. The fourth-order valence-corrected chi connectivity index (χ4v) is 4.21. The molecule has 3 aromatic rings. The number of carbonyl (C=O) groups excluding carboxylic acids is 2. The Kier molecular flexibility index (Phi) is 8.80. The first kappa shape index (κ1) is 25.5. The van der Waals surface area contributed by atoms with Gasteiger partial charge in [-0.2, -0.15) is 0 Å². The van der Waals surface area contributed by atoms with Gasteiger partial charge in [0.15, 0.2) is 11.5 Å². The molecule has 9 heteroatoms. The second-order valence-electron chi connectivity index (χ2n) is 8.50. The van der Waals surface area contributed by atoms with E-state index < -0.39 is 0 Å². The van der Waals surface area contributed by atoms with E-state index in [1.807, 2.05) is 38.1 Å². The number of hydrogen-bond acceptors (Lipinski definition) is 6. The molecule has 1 aromatic heterocycles. The minimum atomic E-state index is -0.359. The third kappa shape index (κ3) is 6.56. The Bertz CT molecular complexity index is 1190. The van der Waals surface area contributed by atoms with Crippen molar-refractivity contribution in [1.82, 2.24) is 14.8 Å². The molecular weight excluding hydrogens is 460 g/mol. The number of amides is 2. The van der Waals surface area contributed by atoms with Crippen LogP contribution < -0.4 is 20.1 Å². The van der Waals surface area contributed by atoms with E-state index in [2.05, 4.69) is 26.3 Å². The standard InChI is InChI=1S/C27H34N4O5/c1-3-35-24-8-5-21(18-25(24)36-4-2)27(33)28-19-26(32)29-22-6-7-23-20(17-22)9-10-31(23)12-11-30-13-15-34-16-14-30/h5-10,17-18H,3-4,11-16,19H2,1-2H3,(H,28,33)(H,29,32). The number of carbonyl (C=O) groups is 2. The van der Waals surface area contributed by atoms with E-state index in [9.17, 15) is 9.59 Å². The van der Waals surface area contributed by atoms with Gasteiger partial charge in [-0.15, -0.1) is 0 Å². The van der Waals surface area contributed by atoms with Crippen molar-refractivity contribution in [2.45, 2.75) is 20.4 Å². The Labute approximate surface area is 211 Å². The van der Waals surface area contributed by atoms with Crippen LogP contribution in [0, 0.1) is 0 Å². The SMILES string of the molecule is CCOc1ccc(C(=O)NCC(=O)Nc2ccc3c(ccn3CCN3CCOCC3)c2)cc1OCC. The molecule has 2 amide bonds. The van der Waals surface area contributed by atoms with Gasteiger partial charge in [-0.3, -0.25) is 14.5 Å². The van der Waals surface area contributed by atoms with Crippen LogP contribution in [0.1, 0.15) is 24.2 Å². The second-order valence-corrected chi connectivity index (χ2v) is 8.50. The highest BCUT2D eigenvalue weighted by atomic mass is 16.5. The zero-order chi connectivity index (χ0) is 25.3. The molecule has 0 bridgehead atoms. The Hall–Kier alpha value is -3.56. The van der Waals surface area contributed by atoms with Crippen LogP contribution in [0.25, 0.3) is 10.9 Å². The molecular formula is C27H34N4O5. The van der Waals surface area contributed by atoms with Crippen LogP contribution in [-0.2, 0) is 16.1 Å². The highest BCUT2D eigenvalue weighted by Gasteiger charge is 2.14. The number of anilines is 1. The van der Waals surface area contributed by atoms with Crippen LogP contribution in [0.4, 0.5) is 5.69 Å². The van der Waals surface area contributed by atoms with Gasteiger partial charge in [0.25, 0.3) is 5.91 Å². The molecule has 2 heterocycles. The quantitative estimate of drug-likeness (QED) is 0.425. The van der Waals surface area contributed by atoms with Gasteiger partial charge in [-0.25, -0.2) is 0 Å². The van der Waals surface area contributed by atoms with E-state index >= 15 is 0 Å². The molecule has 0 spiro atoms. The lowest BCUT2D eigenvalue weighted by atomic mass is 10.2. The highest BCUT2D eigenvalue weighted by Crippen LogP contribution is 2.28. The van der Waals surface area contributed by atoms with Crippen LogP contribution in [-0.4, -0.2) is 73.9 Å². The van der Waals surface area contributed by atoms with Crippen molar-refractivity contribution in [2.24, 2.45) is 0 Å². The number of fused-ring (bicyclic) bond motifs is 1. The topological polar surface area (TPSA) is 94.1 Å². The second kappa shape index (κ2) is 12.4. The fourth-order valence-electron chi connectivity index (χ4n) is 4.21. The molecule has 1 aliphatic rings. The summed E-state index contributed by atoms with van der Waals surface area (Å²) in [4.78, 5) is 27.5. The van der Waals surface area contributed by atoms with Gasteiger partial charge >= 0.3 is 0 Å². The monoisotopic (exact) mass is 494 g/mol. The average molecular weight is 495 g/mol. The first-order valence-corrected chi connectivity index (χ1v) is 12.4. The molecule has 0 aliphatic carbocycles. The van der Waals surface area contributed by atoms with Crippen molar-refractivity contribution >= 4 is 28.4 Å². The Balaban J connectivity index is 1.30. The zero-order valence-corrected chi connectivity index (χ0v) is 20.9. The lowest BCUT2D eigenvalue weighted by Crippen LogP contribution is -2.38. The molecule has 2 aromatic carbocycles. The molecule has 4 rings (SSSR count). The number of aromatic nitrogens is 1. The van der Waals surface area contributed by atoms with Gasteiger partial charge in [-0.05, 0) is 56.3 Å². The lowest BCUT2D eigenvalue weighted by molar-refractivity contribution is -0.115. The van der Waals surface area contributed by atoms with Gasteiger partial charge in [0, 0.05) is 54.5 Å². The minimum Gasteiger partial charge on any atom is -0.490 e. The molecule has 1 fully saturated rings. The molecule has 0 radical (unpaired) electrons. The molecule has 0 atom stereocenters. The van der Waals surface area contributed by atoms with Crippen molar-refractivity contribution in [3.63, 3.8) is 0 Å². The van der Waals surface area contributed by atoms with E-state index in [-0.39, 0.29) is 18.4 Å². The highest BCUT2D eigenvalue weighted by molar-refractivity contribution is 6.00. The van der Waals surface area contributed by atoms with Crippen molar-refractivity contribution in [2.75, 3.05) is 57.9 Å². The van der Waals surface area contributed by atoms with Crippen molar-refractivity contribution in [3.05, 3.63) is 54.2 Å². The summed E-state index contributed by atoms with van der Waals surface area (Å²) in [5.74, 6) is 0.424. The van der Waals surface area contributed by atoms with Crippen molar-refractivity contribution in [1.29, 1.82) is 0 Å². The summed E-state index contributed by atoms with van der Waals surface area (Å²) >= 11 is 0. The largest absolute Gasteiger partial charge is 0.490 e. The predicted molar refractivity (Wildman–Crippen MR) is 139 cm³/mol. The summed E-state index contributed by atoms with van der Waals surface area (Å²) in [6.07, 6.45) is 2.07. The van der Waals surface area contributed by atoms with Crippen LogP contribution in [0.2, 0.25) is 0 Å². The lowest BCUT2D eigenvalue weighted by Gasteiger charge is -2.26. The third-order valence-electron chi connectivity index (χ3n) is 6.03. The van der Waals surface area contributed by atoms with Crippen LogP contribution in [0.15, 0.2) is 48.7 Å². The number of benzene rings is 2. The van der Waals surface area contributed by atoms with E-state index in [0.717, 1.165) is 50.3 Å². The first-order chi connectivity index (χ1) is 17.6. The van der Waals surface area contributed by atoms with Gasteiger partial charge in [0.2, 0.25) is 5.91 Å². The molecule has 192 valence electrons. The summed E-state index contributed by atoms with van der Waals surface area (Å²) < 4.78 is 18.7. The molecule has 1 aliphatic heterocycles. The Morgan fingerprint density at radius 2 is 1.72 bits per heavy atom. The number of hydrogen-bond donors (Lipinski definition) is 2. The molecule has 36 heavy (non-hydrogen) atoms. The summed E-state index contributed by atoms with van der Waals surface area (Å²) in [5, 5.41) is 6.58. The number of nitrogens with one attached hydrogen (secondary N) is 2. The van der Waals surface area contributed by atoms with Crippen LogP contribution in [0.3, 0.4) is 0 Å². The van der Waals surface area contributed by atoms with Gasteiger partial charge < -0.3 is 29.4 Å². The molecule has 2 N–H and O–H groups in total. The maximum absolute atomic E-state index is 12.6. The number of nitrogens with zero attached hydrogens (tertiary/aromatic N) is 2. The summed E-state index contributed by atoms with van der Waals surface area (Å²) in [5.41, 5.74) is 2.21. The van der Waals surface area contributed by atoms with Crippen molar-refractivity contribution in [3.8, 4) is 11.5 Å². The van der Waals surface area contributed by atoms with Gasteiger partial charge in [0.05, 0.1) is 33.0 Å². The molecule has 9 nitrogen and oxygen atoms in total. The summed E-state index contributed by atoms with van der Waals surface area (Å²) in [6.45, 7) is 9.97. The minimum absolute atomic E-state index is 0.144. The van der Waals surface area contributed by atoms with E-state index in [0.29, 0.717) is 36.0 Å². The summed E-state index contributed by atoms with van der Waals surface area (Å²) in [6, 6.07) is 12.9. The third-order valence-corrected chi connectivity index (χ3v) is 6.03. The molecule has 1 saturated heterocycles. The first-order valence-electron chi connectivity index (χ1n) is 12.4. The molecule has 0 saturated carbocycles. The van der Waals surface area contributed by atoms with E-state index in [1.165, 1.54) is 0 Å². The van der Waals surface area contributed by atoms with Gasteiger partial charge in [-0.1, -0.05) is 0 Å². The van der Waals surface area contributed by atoms with Crippen LogP contribution in [0.5, 0.6) is 11.5 Å². The fraction of sp³-hybridized carbons (Fsp3) is 0.407. The van der Waals surface area contributed by atoms with Crippen LogP contribution >= 0.6 is 0 Å². The maximum atomic E-state index is 12.6. The normalized spacial score (nSPS) is 13.9.